The second-order valence-corrected chi connectivity index (χ2v) is 7.38. The fraction of sp³-hybridized carbons (Fsp3) is 0.462. The average Bonchev–Trinajstić information content (AvgIpc) is 2.77. The molecule has 7 heteroatoms. The lowest BCUT2D eigenvalue weighted by atomic mass is 10.2. The Morgan fingerprint density at radius 1 is 1.30 bits per heavy atom. The minimum absolute atomic E-state index is 0.00243. The van der Waals surface area contributed by atoms with Gasteiger partial charge in [-0.1, -0.05) is 11.6 Å². The molecule has 2 fully saturated rings. The molecule has 0 radical (unpaired) electrons. The Morgan fingerprint density at radius 2 is 1.95 bits per heavy atom. The molecule has 2 aliphatic heterocycles. The molecule has 2 unspecified atom stereocenters. The van der Waals surface area contributed by atoms with Gasteiger partial charge in [-0.15, -0.1) is 0 Å². The molecule has 2 saturated heterocycles. The van der Waals surface area contributed by atoms with E-state index in [1.165, 1.54) is 22.5 Å². The fourth-order valence-electron chi connectivity index (χ4n) is 2.67. The van der Waals surface area contributed by atoms with Crippen LogP contribution in [0, 0.1) is 11.3 Å². The number of fused-ring (bicyclic) bond motifs is 2. The molecule has 0 spiro atoms. The van der Waals surface area contributed by atoms with E-state index in [0.717, 1.165) is 12.8 Å². The Labute approximate surface area is 122 Å². The predicted octanol–water partition coefficient (Wildman–Crippen LogP) is 1.76. The maximum absolute atomic E-state index is 12.6. The van der Waals surface area contributed by atoms with Gasteiger partial charge >= 0.3 is 0 Å². The third-order valence-corrected chi connectivity index (χ3v) is 5.85. The monoisotopic (exact) mass is 312 g/mol. The van der Waals surface area contributed by atoms with Crippen LogP contribution in [0.2, 0.25) is 5.02 Å². The van der Waals surface area contributed by atoms with Gasteiger partial charge in [-0.25, -0.2) is 8.42 Å². The van der Waals surface area contributed by atoms with Crippen molar-refractivity contribution in [2.75, 3.05) is 13.1 Å². The first-order valence-corrected chi connectivity index (χ1v) is 8.18. The Hall–Kier alpha value is -1.13. The summed E-state index contributed by atoms with van der Waals surface area (Å²) in [5.41, 5.74) is 0.271. The van der Waals surface area contributed by atoms with E-state index in [4.69, 9.17) is 21.6 Å². The summed E-state index contributed by atoms with van der Waals surface area (Å²) in [4.78, 5) is 0.128. The van der Waals surface area contributed by atoms with E-state index in [9.17, 15) is 8.42 Å². The van der Waals surface area contributed by atoms with Gasteiger partial charge in [-0.3, -0.25) is 0 Å². The van der Waals surface area contributed by atoms with Crippen LogP contribution in [0.3, 0.4) is 0 Å². The highest BCUT2D eigenvalue weighted by atomic mass is 35.5. The van der Waals surface area contributed by atoms with Gasteiger partial charge in [0.25, 0.3) is 0 Å². The highest BCUT2D eigenvalue weighted by Gasteiger charge is 2.39. The molecule has 3 rings (SSSR count). The van der Waals surface area contributed by atoms with Crippen molar-refractivity contribution >= 4 is 21.6 Å². The van der Waals surface area contributed by atoms with Crippen LogP contribution in [0.1, 0.15) is 18.4 Å². The topological polar surface area (TPSA) is 70.4 Å². The molecular weight excluding hydrogens is 300 g/mol. The summed E-state index contributed by atoms with van der Waals surface area (Å²) in [5, 5.41) is 8.98. The van der Waals surface area contributed by atoms with E-state index in [-0.39, 0.29) is 27.7 Å². The third-order valence-electron chi connectivity index (χ3n) is 3.71. The molecule has 2 atom stereocenters. The first kappa shape index (κ1) is 13.8. The number of sulfonamides is 1. The van der Waals surface area contributed by atoms with Crippen LogP contribution in [0.5, 0.6) is 0 Å². The Morgan fingerprint density at radius 3 is 2.50 bits per heavy atom. The second kappa shape index (κ2) is 5.01. The summed E-state index contributed by atoms with van der Waals surface area (Å²) < 4.78 is 32.3. The van der Waals surface area contributed by atoms with Crippen molar-refractivity contribution in [1.29, 1.82) is 5.26 Å². The van der Waals surface area contributed by atoms with Crippen LogP contribution in [-0.4, -0.2) is 38.0 Å². The number of benzene rings is 1. The molecule has 106 valence electrons. The lowest BCUT2D eigenvalue weighted by Gasteiger charge is -2.31. The number of nitrogens with zero attached hydrogens (tertiary/aromatic N) is 2. The minimum Gasteiger partial charge on any atom is -0.372 e. The lowest BCUT2D eigenvalue weighted by Crippen LogP contribution is -2.45. The van der Waals surface area contributed by atoms with Crippen LogP contribution in [0.15, 0.2) is 23.1 Å². The zero-order valence-corrected chi connectivity index (χ0v) is 12.2. The van der Waals surface area contributed by atoms with E-state index in [1.807, 2.05) is 6.07 Å². The highest BCUT2D eigenvalue weighted by Crippen LogP contribution is 2.30. The zero-order valence-electron chi connectivity index (χ0n) is 10.6. The molecule has 1 aromatic rings. The molecule has 5 nitrogen and oxygen atoms in total. The van der Waals surface area contributed by atoms with Crippen molar-refractivity contribution in [3.05, 3.63) is 28.8 Å². The van der Waals surface area contributed by atoms with Crippen LogP contribution in [-0.2, 0) is 14.8 Å². The van der Waals surface area contributed by atoms with Gasteiger partial charge in [-0.2, -0.15) is 9.57 Å². The summed E-state index contributed by atoms with van der Waals surface area (Å²) in [7, 11) is -3.58. The summed E-state index contributed by atoms with van der Waals surface area (Å²) in [6, 6.07) is 6.12. The highest BCUT2D eigenvalue weighted by molar-refractivity contribution is 7.89. The van der Waals surface area contributed by atoms with Gasteiger partial charge in [0.2, 0.25) is 10.0 Å². The lowest BCUT2D eigenvalue weighted by molar-refractivity contribution is -0.0114. The largest absolute Gasteiger partial charge is 0.372 e. The summed E-state index contributed by atoms with van der Waals surface area (Å²) in [6.45, 7) is 0.771. The summed E-state index contributed by atoms with van der Waals surface area (Å²) >= 11 is 5.91. The first-order valence-electron chi connectivity index (χ1n) is 6.36. The van der Waals surface area contributed by atoms with E-state index in [0.29, 0.717) is 13.1 Å². The standard InChI is InChI=1S/C13H13ClN2O3S/c14-13-5-12(4-1-9(13)6-15)20(17,18)16-7-10-2-3-11(8-16)19-10/h1,4-5,10-11H,2-3,7-8H2. The van der Waals surface area contributed by atoms with E-state index < -0.39 is 10.0 Å². The molecule has 0 aromatic heterocycles. The van der Waals surface area contributed by atoms with Gasteiger partial charge in [0, 0.05) is 13.1 Å². The van der Waals surface area contributed by atoms with E-state index >= 15 is 0 Å². The third kappa shape index (κ3) is 2.31. The van der Waals surface area contributed by atoms with Gasteiger partial charge in [0.15, 0.2) is 0 Å². The number of hydrogen-bond acceptors (Lipinski definition) is 4. The molecule has 2 aliphatic rings. The smallest absolute Gasteiger partial charge is 0.243 e. The van der Waals surface area contributed by atoms with E-state index in [2.05, 4.69) is 0 Å². The molecule has 2 bridgehead atoms. The van der Waals surface area contributed by atoms with Crippen molar-refractivity contribution in [3.8, 4) is 6.07 Å². The molecule has 20 heavy (non-hydrogen) atoms. The number of hydrogen-bond donors (Lipinski definition) is 0. The number of morpholine rings is 1. The Balaban J connectivity index is 1.92. The fourth-order valence-corrected chi connectivity index (χ4v) is 4.49. The quantitative estimate of drug-likeness (QED) is 0.834. The summed E-state index contributed by atoms with van der Waals surface area (Å²) in [5.74, 6) is 0. The van der Waals surface area contributed by atoms with Crippen molar-refractivity contribution in [2.24, 2.45) is 0 Å². The second-order valence-electron chi connectivity index (χ2n) is 5.03. The molecule has 0 saturated carbocycles. The van der Waals surface area contributed by atoms with Crippen molar-refractivity contribution in [3.63, 3.8) is 0 Å². The first-order chi connectivity index (χ1) is 9.50. The van der Waals surface area contributed by atoms with Crippen molar-refractivity contribution in [2.45, 2.75) is 29.9 Å². The van der Waals surface area contributed by atoms with E-state index in [1.54, 1.807) is 0 Å². The Kier molecular flexibility index (Phi) is 3.46. The molecule has 0 N–H and O–H groups in total. The van der Waals surface area contributed by atoms with Crippen LogP contribution in [0.4, 0.5) is 0 Å². The molecular formula is C13H13ClN2O3S. The average molecular weight is 313 g/mol. The number of nitriles is 1. The van der Waals surface area contributed by atoms with Crippen LogP contribution < -0.4 is 0 Å². The molecule has 0 amide bonds. The number of halogens is 1. The molecule has 2 heterocycles. The van der Waals surface area contributed by atoms with Gasteiger partial charge in [0.05, 0.1) is 27.7 Å². The van der Waals surface area contributed by atoms with Crippen LogP contribution >= 0.6 is 11.6 Å². The van der Waals surface area contributed by atoms with Gasteiger partial charge < -0.3 is 4.74 Å². The molecule has 1 aromatic carbocycles. The van der Waals surface area contributed by atoms with Gasteiger partial charge in [-0.05, 0) is 31.0 Å². The SMILES string of the molecule is N#Cc1ccc(S(=O)(=O)N2CC3CCC(C2)O3)cc1Cl. The summed E-state index contributed by atoms with van der Waals surface area (Å²) in [6.07, 6.45) is 1.81. The predicted molar refractivity (Wildman–Crippen MR) is 72.8 cm³/mol. The molecule has 0 aliphatic carbocycles. The van der Waals surface area contributed by atoms with Crippen molar-refractivity contribution in [1.82, 2.24) is 4.31 Å². The van der Waals surface area contributed by atoms with Gasteiger partial charge in [0.1, 0.15) is 6.07 Å². The van der Waals surface area contributed by atoms with Crippen LogP contribution in [0.25, 0.3) is 0 Å². The number of ether oxygens (including phenoxy) is 1. The van der Waals surface area contributed by atoms with Crippen molar-refractivity contribution < 1.29 is 13.2 Å². The minimum atomic E-state index is -3.58. The Bertz CT molecular complexity index is 671. The number of rotatable bonds is 2. The zero-order chi connectivity index (χ0) is 14.3. The maximum Gasteiger partial charge on any atom is 0.243 e. The normalized spacial score (nSPS) is 26.4. The maximum atomic E-state index is 12.6.